The van der Waals surface area contributed by atoms with Gasteiger partial charge in [0.15, 0.2) is 0 Å². The molecule has 0 bridgehead atoms. The van der Waals surface area contributed by atoms with E-state index in [0.29, 0.717) is 6.04 Å². The first-order valence-electron chi connectivity index (χ1n) is 5.34. The fourth-order valence-corrected chi connectivity index (χ4v) is 2.19. The highest BCUT2D eigenvalue weighted by Crippen LogP contribution is 2.04. The van der Waals surface area contributed by atoms with Crippen LogP contribution in [0.15, 0.2) is 11.7 Å². The first-order valence-corrected chi connectivity index (χ1v) is 6.22. The number of hydrogen-bond acceptors (Lipinski definition) is 5. The van der Waals surface area contributed by atoms with Crippen molar-refractivity contribution in [2.75, 3.05) is 26.3 Å². The molecule has 4 nitrogen and oxygen atoms in total. The summed E-state index contributed by atoms with van der Waals surface area (Å²) in [5, 5.41) is 6.85. The van der Waals surface area contributed by atoms with Gasteiger partial charge in [0.05, 0.1) is 18.7 Å². The Balaban J connectivity index is 1.54. The summed E-state index contributed by atoms with van der Waals surface area (Å²) in [5.74, 6) is 0. The van der Waals surface area contributed by atoms with E-state index in [2.05, 4.69) is 15.6 Å². The van der Waals surface area contributed by atoms with Gasteiger partial charge in [-0.2, -0.15) is 0 Å². The zero-order valence-corrected chi connectivity index (χ0v) is 9.55. The maximum absolute atomic E-state index is 5.39. The largest absolute Gasteiger partial charge is 0.379 e. The predicted molar refractivity (Wildman–Crippen MR) is 61.0 cm³/mol. The van der Waals surface area contributed by atoms with Gasteiger partial charge >= 0.3 is 0 Å². The molecule has 2 rings (SSSR count). The third-order valence-corrected chi connectivity index (χ3v) is 3.23. The van der Waals surface area contributed by atoms with Gasteiger partial charge in [-0.15, -0.1) is 11.3 Å². The van der Waals surface area contributed by atoms with E-state index in [9.17, 15) is 0 Å². The van der Waals surface area contributed by atoms with Crippen LogP contribution in [0.4, 0.5) is 0 Å². The van der Waals surface area contributed by atoms with Crippen molar-refractivity contribution in [3.63, 3.8) is 0 Å². The lowest BCUT2D eigenvalue weighted by atomic mass is 10.2. The number of thiazole rings is 1. The lowest BCUT2D eigenvalue weighted by molar-refractivity contribution is 0.0742. The zero-order chi connectivity index (χ0) is 10.3. The van der Waals surface area contributed by atoms with Gasteiger partial charge in [-0.3, -0.25) is 4.98 Å². The molecule has 1 atom stereocenters. The van der Waals surface area contributed by atoms with Crippen LogP contribution in [0.25, 0.3) is 0 Å². The van der Waals surface area contributed by atoms with Crippen molar-refractivity contribution in [1.29, 1.82) is 0 Å². The Morgan fingerprint density at radius 1 is 1.67 bits per heavy atom. The molecule has 1 unspecified atom stereocenters. The van der Waals surface area contributed by atoms with Crippen molar-refractivity contribution in [3.05, 3.63) is 16.6 Å². The van der Waals surface area contributed by atoms with Gasteiger partial charge in [-0.25, -0.2) is 0 Å². The van der Waals surface area contributed by atoms with Crippen LogP contribution in [0.5, 0.6) is 0 Å². The minimum absolute atomic E-state index is 0.521. The SMILES string of the molecule is c1ncc(CNCCC2COCCN2)s1. The second-order valence-electron chi connectivity index (χ2n) is 3.66. The van der Waals surface area contributed by atoms with Crippen LogP contribution in [0.3, 0.4) is 0 Å². The highest BCUT2D eigenvalue weighted by atomic mass is 32.1. The average molecular weight is 227 g/mol. The van der Waals surface area contributed by atoms with Gasteiger partial charge in [0.2, 0.25) is 0 Å². The molecule has 84 valence electrons. The molecule has 1 aromatic heterocycles. The van der Waals surface area contributed by atoms with E-state index < -0.39 is 0 Å². The van der Waals surface area contributed by atoms with Crippen molar-refractivity contribution in [1.82, 2.24) is 15.6 Å². The van der Waals surface area contributed by atoms with E-state index in [1.165, 1.54) is 4.88 Å². The van der Waals surface area contributed by atoms with Gasteiger partial charge in [0.1, 0.15) is 0 Å². The van der Waals surface area contributed by atoms with Gasteiger partial charge < -0.3 is 15.4 Å². The number of nitrogens with zero attached hydrogens (tertiary/aromatic N) is 1. The van der Waals surface area contributed by atoms with Gasteiger partial charge in [0.25, 0.3) is 0 Å². The molecule has 1 fully saturated rings. The third-order valence-electron chi connectivity index (χ3n) is 2.45. The molecule has 15 heavy (non-hydrogen) atoms. The van der Waals surface area contributed by atoms with E-state index in [4.69, 9.17) is 4.74 Å². The quantitative estimate of drug-likeness (QED) is 0.724. The summed E-state index contributed by atoms with van der Waals surface area (Å²) in [5.41, 5.74) is 1.87. The predicted octanol–water partition coefficient (Wildman–Crippen LogP) is 0.611. The summed E-state index contributed by atoms with van der Waals surface area (Å²) in [6.45, 7) is 4.64. The second-order valence-corrected chi connectivity index (χ2v) is 4.63. The van der Waals surface area contributed by atoms with Crippen molar-refractivity contribution in [2.45, 2.75) is 19.0 Å². The van der Waals surface area contributed by atoms with Gasteiger partial charge in [-0.05, 0) is 13.0 Å². The minimum Gasteiger partial charge on any atom is -0.379 e. The van der Waals surface area contributed by atoms with Crippen LogP contribution in [0.1, 0.15) is 11.3 Å². The maximum atomic E-state index is 5.39. The fourth-order valence-electron chi connectivity index (χ4n) is 1.62. The molecule has 5 heteroatoms. The van der Waals surface area contributed by atoms with E-state index in [1.54, 1.807) is 11.3 Å². The molecule has 2 N–H and O–H groups in total. The summed E-state index contributed by atoms with van der Waals surface area (Å²) < 4.78 is 5.39. The van der Waals surface area contributed by atoms with Crippen molar-refractivity contribution in [3.8, 4) is 0 Å². The molecule has 1 aliphatic heterocycles. The molecule has 0 spiro atoms. The highest BCUT2D eigenvalue weighted by molar-refractivity contribution is 7.09. The molecule has 2 heterocycles. The third kappa shape index (κ3) is 3.87. The van der Waals surface area contributed by atoms with E-state index >= 15 is 0 Å². The molecule has 0 aliphatic carbocycles. The lowest BCUT2D eigenvalue weighted by Crippen LogP contribution is -2.42. The zero-order valence-electron chi connectivity index (χ0n) is 8.74. The Labute approximate surface area is 94.1 Å². The summed E-state index contributed by atoms with van der Waals surface area (Å²) in [4.78, 5) is 5.33. The van der Waals surface area contributed by atoms with Crippen LogP contribution in [-0.4, -0.2) is 37.3 Å². The molecule has 0 amide bonds. The van der Waals surface area contributed by atoms with Crippen LogP contribution in [-0.2, 0) is 11.3 Å². The molecular formula is C10H17N3OS. The molecule has 0 radical (unpaired) electrons. The van der Waals surface area contributed by atoms with Crippen LogP contribution >= 0.6 is 11.3 Å². The number of nitrogens with one attached hydrogen (secondary N) is 2. The molecule has 0 aromatic carbocycles. The average Bonchev–Trinajstić information content (AvgIpc) is 2.79. The molecule has 1 aromatic rings. The van der Waals surface area contributed by atoms with Gasteiger partial charge in [0, 0.05) is 30.2 Å². The molecule has 0 saturated carbocycles. The monoisotopic (exact) mass is 227 g/mol. The Morgan fingerprint density at radius 2 is 2.67 bits per heavy atom. The minimum atomic E-state index is 0.521. The maximum Gasteiger partial charge on any atom is 0.0794 e. The first kappa shape index (κ1) is 11.0. The number of rotatable bonds is 5. The van der Waals surface area contributed by atoms with Crippen molar-refractivity contribution < 1.29 is 4.74 Å². The summed E-state index contributed by atoms with van der Waals surface area (Å²) in [6.07, 6.45) is 3.04. The molecule has 1 saturated heterocycles. The molecular weight excluding hydrogens is 210 g/mol. The highest BCUT2D eigenvalue weighted by Gasteiger charge is 2.11. The Morgan fingerprint density at radius 3 is 3.40 bits per heavy atom. The smallest absolute Gasteiger partial charge is 0.0794 e. The number of morpholine rings is 1. The standard InChI is InChI=1S/C10H17N3OS/c1(9-7-14-4-3-13-9)2-11-5-10-6-12-8-15-10/h6,8-9,11,13H,1-5,7H2. The number of hydrogen-bond donors (Lipinski definition) is 2. The summed E-state index contributed by atoms with van der Waals surface area (Å²) >= 11 is 1.70. The summed E-state index contributed by atoms with van der Waals surface area (Å²) in [6, 6.07) is 0.521. The van der Waals surface area contributed by atoms with Crippen LogP contribution in [0.2, 0.25) is 0 Å². The van der Waals surface area contributed by atoms with E-state index in [-0.39, 0.29) is 0 Å². The number of aromatic nitrogens is 1. The fraction of sp³-hybridized carbons (Fsp3) is 0.700. The first-order chi connectivity index (χ1) is 7.45. The second kappa shape index (κ2) is 6.17. The number of ether oxygens (including phenoxy) is 1. The van der Waals surface area contributed by atoms with E-state index in [1.807, 2.05) is 11.7 Å². The normalized spacial score (nSPS) is 21.7. The molecule has 1 aliphatic rings. The Kier molecular flexibility index (Phi) is 4.53. The van der Waals surface area contributed by atoms with Crippen LogP contribution < -0.4 is 10.6 Å². The lowest BCUT2D eigenvalue weighted by Gasteiger charge is -2.23. The Hall–Kier alpha value is -0.490. The van der Waals surface area contributed by atoms with Crippen molar-refractivity contribution in [2.24, 2.45) is 0 Å². The van der Waals surface area contributed by atoms with Gasteiger partial charge in [-0.1, -0.05) is 0 Å². The summed E-state index contributed by atoms with van der Waals surface area (Å²) in [7, 11) is 0. The van der Waals surface area contributed by atoms with Crippen molar-refractivity contribution >= 4 is 11.3 Å². The van der Waals surface area contributed by atoms with Crippen LogP contribution in [0, 0.1) is 0 Å². The van der Waals surface area contributed by atoms with E-state index in [0.717, 1.165) is 39.3 Å². The Bertz CT molecular complexity index is 260. The topological polar surface area (TPSA) is 46.2 Å².